The molecule has 0 bridgehead atoms. The molecule has 2 atom stereocenters. The minimum Gasteiger partial charge on any atom is -0.399 e. The highest BCUT2D eigenvalue weighted by Crippen LogP contribution is 2.35. The fourth-order valence-corrected chi connectivity index (χ4v) is 2.62. The zero-order valence-corrected chi connectivity index (χ0v) is 15.0. The maximum Gasteiger partial charge on any atom is 0.408 e. The van der Waals surface area contributed by atoms with Crippen molar-refractivity contribution < 1.29 is 18.0 Å². The fraction of sp³-hybridized carbons (Fsp3) is 0.533. The number of nitrogens with one attached hydrogen (secondary N) is 1. The lowest BCUT2D eigenvalue weighted by Crippen LogP contribution is -2.34. The van der Waals surface area contributed by atoms with Crippen LogP contribution in [0.2, 0.25) is 5.15 Å². The summed E-state index contributed by atoms with van der Waals surface area (Å²) in [7, 11) is 1.38. The van der Waals surface area contributed by atoms with Crippen molar-refractivity contribution in [2.75, 3.05) is 12.4 Å². The van der Waals surface area contributed by atoms with Gasteiger partial charge in [0, 0.05) is 5.56 Å². The molecule has 2 heterocycles. The second-order valence-corrected chi connectivity index (χ2v) is 5.99. The van der Waals surface area contributed by atoms with Gasteiger partial charge in [0.2, 0.25) is 0 Å². The van der Waals surface area contributed by atoms with Crippen LogP contribution in [-0.4, -0.2) is 40.1 Å². The van der Waals surface area contributed by atoms with E-state index in [1.807, 2.05) is 13.8 Å². The number of hydrogen-bond donors (Lipinski definition) is 1. The quantitative estimate of drug-likeness (QED) is 0.464. The predicted octanol–water partition coefficient (Wildman–Crippen LogP) is 4.24. The summed E-state index contributed by atoms with van der Waals surface area (Å²) in [5.74, 6) is 0.0684. The van der Waals surface area contributed by atoms with Gasteiger partial charge in [-0.3, -0.25) is 0 Å². The van der Waals surface area contributed by atoms with Gasteiger partial charge in [-0.1, -0.05) is 30.6 Å². The van der Waals surface area contributed by atoms with Crippen LogP contribution in [0, 0.1) is 0 Å². The Bertz CT molecular complexity index is 775. The van der Waals surface area contributed by atoms with Crippen molar-refractivity contribution in [2.45, 2.75) is 45.3 Å². The van der Waals surface area contributed by atoms with Crippen LogP contribution in [0.25, 0.3) is 5.65 Å². The standard InChI is InChI=1S/C15H19ClF3N5O/c1-5-8(2)11-12(16)23-13-10(7-21-25-4)6-20-24(13)14(11)22-9(3)15(17,18)19/h6-9,22H,5H2,1-4H3/b21-7-. The molecule has 0 aliphatic carbocycles. The van der Waals surface area contributed by atoms with E-state index < -0.39 is 12.2 Å². The van der Waals surface area contributed by atoms with Crippen molar-refractivity contribution in [2.24, 2.45) is 5.16 Å². The highest BCUT2D eigenvalue weighted by Gasteiger charge is 2.37. The molecule has 25 heavy (non-hydrogen) atoms. The molecule has 0 aromatic carbocycles. The molecular formula is C15H19ClF3N5O. The lowest BCUT2D eigenvalue weighted by atomic mass is 10.0. The van der Waals surface area contributed by atoms with E-state index >= 15 is 0 Å². The number of hydrogen-bond acceptors (Lipinski definition) is 5. The normalized spacial score (nSPS) is 14.9. The second-order valence-electron chi connectivity index (χ2n) is 5.63. The summed E-state index contributed by atoms with van der Waals surface area (Å²) in [6.45, 7) is 4.83. The Morgan fingerprint density at radius 1 is 1.44 bits per heavy atom. The van der Waals surface area contributed by atoms with E-state index in [1.54, 1.807) is 0 Å². The van der Waals surface area contributed by atoms with Crippen LogP contribution in [-0.2, 0) is 4.84 Å². The van der Waals surface area contributed by atoms with E-state index in [0.717, 1.165) is 6.92 Å². The number of alkyl halides is 3. The number of oxime groups is 1. The van der Waals surface area contributed by atoms with Crippen LogP contribution < -0.4 is 5.32 Å². The molecule has 0 aliphatic rings. The van der Waals surface area contributed by atoms with E-state index in [0.29, 0.717) is 17.5 Å². The summed E-state index contributed by atoms with van der Waals surface area (Å²) in [5, 5.41) is 10.4. The molecule has 2 aromatic heterocycles. The van der Waals surface area contributed by atoms with Gasteiger partial charge in [-0.25, -0.2) is 4.98 Å². The molecule has 138 valence electrons. The predicted molar refractivity (Wildman–Crippen MR) is 90.4 cm³/mol. The summed E-state index contributed by atoms with van der Waals surface area (Å²) in [6, 6.07) is -1.78. The Morgan fingerprint density at radius 3 is 2.68 bits per heavy atom. The minimum absolute atomic E-state index is 0.104. The molecule has 0 fully saturated rings. The van der Waals surface area contributed by atoms with Crippen LogP contribution >= 0.6 is 11.6 Å². The number of halogens is 4. The smallest absolute Gasteiger partial charge is 0.399 e. The van der Waals surface area contributed by atoms with E-state index in [-0.39, 0.29) is 22.5 Å². The van der Waals surface area contributed by atoms with Crippen LogP contribution in [0.1, 0.15) is 44.2 Å². The van der Waals surface area contributed by atoms with Gasteiger partial charge >= 0.3 is 6.18 Å². The summed E-state index contributed by atoms with van der Waals surface area (Å²) in [5.41, 5.74) is 1.25. The zero-order valence-electron chi connectivity index (χ0n) is 14.2. The highest BCUT2D eigenvalue weighted by atomic mass is 35.5. The Labute approximate surface area is 148 Å². The molecule has 6 nitrogen and oxygen atoms in total. The van der Waals surface area contributed by atoms with E-state index in [4.69, 9.17) is 11.6 Å². The number of anilines is 1. The third-order valence-electron chi connectivity index (χ3n) is 3.91. The van der Waals surface area contributed by atoms with Gasteiger partial charge in [0.15, 0.2) is 5.65 Å². The summed E-state index contributed by atoms with van der Waals surface area (Å²) >= 11 is 6.29. The molecule has 0 aliphatic heterocycles. The first-order chi connectivity index (χ1) is 11.7. The van der Waals surface area contributed by atoms with Crippen LogP contribution in [0.15, 0.2) is 11.4 Å². The van der Waals surface area contributed by atoms with Gasteiger partial charge in [-0.05, 0) is 19.3 Å². The average Bonchev–Trinajstić information content (AvgIpc) is 2.94. The van der Waals surface area contributed by atoms with Gasteiger partial charge in [-0.15, -0.1) is 0 Å². The number of fused-ring (bicyclic) bond motifs is 1. The molecule has 0 amide bonds. The van der Waals surface area contributed by atoms with Gasteiger partial charge in [-0.2, -0.15) is 22.8 Å². The molecule has 0 saturated carbocycles. The maximum atomic E-state index is 13.0. The van der Waals surface area contributed by atoms with Crippen molar-refractivity contribution >= 4 is 29.3 Å². The Balaban J connectivity index is 2.68. The van der Waals surface area contributed by atoms with E-state index in [2.05, 4.69) is 25.4 Å². The van der Waals surface area contributed by atoms with Crippen LogP contribution in [0.5, 0.6) is 0 Å². The Hall–Kier alpha value is -2.03. The third kappa shape index (κ3) is 3.97. The molecule has 0 spiro atoms. The van der Waals surface area contributed by atoms with Crippen molar-refractivity contribution in [1.29, 1.82) is 0 Å². The lowest BCUT2D eigenvalue weighted by molar-refractivity contribution is -0.138. The van der Waals surface area contributed by atoms with E-state index in [9.17, 15) is 13.2 Å². The van der Waals surface area contributed by atoms with Gasteiger partial charge in [0.1, 0.15) is 24.1 Å². The Kier molecular flexibility index (Phi) is 5.76. The van der Waals surface area contributed by atoms with Crippen LogP contribution in [0.4, 0.5) is 19.0 Å². The number of rotatable bonds is 6. The summed E-state index contributed by atoms with van der Waals surface area (Å²) in [4.78, 5) is 8.91. The molecule has 2 aromatic rings. The van der Waals surface area contributed by atoms with Crippen LogP contribution in [0.3, 0.4) is 0 Å². The highest BCUT2D eigenvalue weighted by molar-refractivity contribution is 6.30. The lowest BCUT2D eigenvalue weighted by Gasteiger charge is -2.23. The second kappa shape index (κ2) is 7.47. The molecule has 10 heteroatoms. The molecular weight excluding hydrogens is 359 g/mol. The van der Waals surface area contributed by atoms with Gasteiger partial charge in [0.25, 0.3) is 0 Å². The zero-order chi connectivity index (χ0) is 18.8. The first kappa shape index (κ1) is 19.3. The van der Waals surface area contributed by atoms with Crippen molar-refractivity contribution in [3.05, 3.63) is 22.5 Å². The number of nitrogens with zero attached hydrogens (tertiary/aromatic N) is 4. The third-order valence-corrected chi connectivity index (χ3v) is 4.20. The average molecular weight is 378 g/mol. The largest absolute Gasteiger partial charge is 0.408 e. The molecule has 2 unspecified atom stereocenters. The van der Waals surface area contributed by atoms with Crippen molar-refractivity contribution in [3.63, 3.8) is 0 Å². The maximum absolute atomic E-state index is 13.0. The van der Waals surface area contributed by atoms with Gasteiger partial charge < -0.3 is 10.2 Å². The first-order valence-corrected chi connectivity index (χ1v) is 8.05. The van der Waals surface area contributed by atoms with Crippen molar-refractivity contribution in [1.82, 2.24) is 14.6 Å². The van der Waals surface area contributed by atoms with Gasteiger partial charge in [0.05, 0.1) is 18.0 Å². The van der Waals surface area contributed by atoms with E-state index in [1.165, 1.54) is 24.0 Å². The molecule has 0 saturated heterocycles. The topological polar surface area (TPSA) is 63.8 Å². The minimum atomic E-state index is -4.41. The summed E-state index contributed by atoms with van der Waals surface area (Å²) in [6.07, 6.45) is -0.930. The Morgan fingerprint density at radius 2 is 2.12 bits per heavy atom. The number of aromatic nitrogens is 3. The monoisotopic (exact) mass is 377 g/mol. The fourth-order valence-electron chi connectivity index (χ4n) is 2.26. The molecule has 0 radical (unpaired) electrons. The SMILES string of the molecule is CCC(C)c1c(Cl)nc2c(/C=N\OC)cnn2c1NC(C)C(F)(F)F. The van der Waals surface area contributed by atoms with Crippen molar-refractivity contribution in [3.8, 4) is 0 Å². The first-order valence-electron chi connectivity index (χ1n) is 7.67. The summed E-state index contributed by atoms with van der Waals surface area (Å²) < 4.78 is 40.4. The molecule has 1 N–H and O–H groups in total. The molecule has 2 rings (SSSR count).